The molecule has 3 N–H and O–H groups in total. The highest BCUT2D eigenvalue weighted by Crippen LogP contribution is 2.55. The summed E-state index contributed by atoms with van der Waals surface area (Å²) in [7, 11) is 0.963. The van der Waals surface area contributed by atoms with Crippen LogP contribution in [0.4, 0.5) is 32.0 Å². The van der Waals surface area contributed by atoms with E-state index >= 15 is 0 Å². The Morgan fingerprint density at radius 2 is 1.91 bits per heavy atom. The molecule has 7 nitrogen and oxygen atoms in total. The zero-order chi connectivity index (χ0) is 26.3. The summed E-state index contributed by atoms with van der Waals surface area (Å²) in [6.45, 7) is 1.88. The summed E-state index contributed by atoms with van der Waals surface area (Å²) in [5.41, 5.74) is 0.654. The van der Waals surface area contributed by atoms with Crippen LogP contribution in [-0.2, 0) is 9.53 Å². The fourth-order valence-corrected chi connectivity index (χ4v) is 4.17. The number of nitrogens with zero attached hydrogens (tertiary/aromatic N) is 1. The molecule has 1 aromatic carbocycles. The van der Waals surface area contributed by atoms with Gasteiger partial charge in [0.2, 0.25) is 0 Å². The van der Waals surface area contributed by atoms with Crippen molar-refractivity contribution in [2.45, 2.75) is 44.1 Å². The van der Waals surface area contributed by atoms with Crippen LogP contribution in [0, 0.1) is 11.7 Å². The first-order valence-electron chi connectivity index (χ1n) is 10.2. The number of ether oxygens (including phenoxy) is 2. The Labute approximate surface area is 195 Å². The number of carbonyl (C=O) groups is 2. The molecule has 4 atom stereocenters. The van der Waals surface area contributed by atoms with Crippen molar-refractivity contribution in [2.24, 2.45) is 11.7 Å². The van der Waals surface area contributed by atoms with E-state index in [4.69, 9.17) is 15.2 Å². The number of amides is 2. The SMILES string of the molecule is COc1c([C@H]2[C@@H](C(=O)Nc3ccnc(C(N)=O)c3)O[C@](C)(C(F)(F)F)[C@@H]2C)ccc(F)c1C(F)F. The van der Waals surface area contributed by atoms with Crippen molar-refractivity contribution >= 4 is 17.5 Å². The second-order valence-electron chi connectivity index (χ2n) is 8.13. The molecule has 3 rings (SSSR count). The number of rotatable bonds is 6. The number of carbonyl (C=O) groups excluding carboxylic acids is 2. The summed E-state index contributed by atoms with van der Waals surface area (Å²) in [6, 6.07) is 4.02. The lowest BCUT2D eigenvalue weighted by atomic mass is 9.76. The number of hydrogen-bond donors (Lipinski definition) is 2. The first kappa shape index (κ1) is 26.3. The van der Waals surface area contributed by atoms with Crippen molar-refractivity contribution in [3.8, 4) is 5.75 Å². The molecule has 0 aliphatic carbocycles. The van der Waals surface area contributed by atoms with E-state index in [-0.39, 0.29) is 16.9 Å². The smallest absolute Gasteiger partial charge is 0.417 e. The van der Waals surface area contributed by atoms with E-state index in [9.17, 15) is 35.9 Å². The summed E-state index contributed by atoms with van der Waals surface area (Å²) in [5, 5.41) is 2.33. The number of alkyl halides is 5. The minimum atomic E-state index is -4.95. The van der Waals surface area contributed by atoms with Crippen LogP contribution in [0.1, 0.15) is 47.8 Å². The number of pyridine rings is 1. The molecule has 35 heavy (non-hydrogen) atoms. The van der Waals surface area contributed by atoms with E-state index in [1.165, 1.54) is 6.07 Å². The fraction of sp³-hybridized carbons (Fsp3) is 0.409. The second kappa shape index (κ2) is 9.36. The lowest BCUT2D eigenvalue weighted by Gasteiger charge is -2.32. The number of hydrogen-bond acceptors (Lipinski definition) is 5. The fourth-order valence-electron chi connectivity index (χ4n) is 4.17. The van der Waals surface area contributed by atoms with E-state index in [0.717, 1.165) is 39.3 Å². The average Bonchev–Trinajstić information content (AvgIpc) is 3.05. The van der Waals surface area contributed by atoms with Crippen molar-refractivity contribution in [1.82, 2.24) is 4.98 Å². The Hall–Kier alpha value is -3.35. The predicted octanol–water partition coefficient (Wildman–Crippen LogP) is 4.34. The van der Waals surface area contributed by atoms with Gasteiger partial charge in [0, 0.05) is 29.3 Å². The molecule has 190 valence electrons. The normalized spacial score (nSPS) is 24.5. The van der Waals surface area contributed by atoms with Gasteiger partial charge in [-0.25, -0.2) is 13.2 Å². The highest BCUT2D eigenvalue weighted by atomic mass is 19.4. The lowest BCUT2D eigenvalue weighted by Crippen LogP contribution is -2.47. The van der Waals surface area contributed by atoms with Crippen LogP contribution in [0.2, 0.25) is 0 Å². The summed E-state index contributed by atoms with van der Waals surface area (Å²) >= 11 is 0. The van der Waals surface area contributed by atoms with Crippen LogP contribution >= 0.6 is 0 Å². The molecule has 2 heterocycles. The molecule has 1 fully saturated rings. The first-order valence-corrected chi connectivity index (χ1v) is 10.2. The van der Waals surface area contributed by atoms with Crippen LogP contribution in [-0.4, -0.2) is 41.8 Å². The van der Waals surface area contributed by atoms with Crippen LogP contribution in [0.5, 0.6) is 5.75 Å². The highest BCUT2D eigenvalue weighted by molar-refractivity contribution is 5.97. The van der Waals surface area contributed by atoms with Gasteiger partial charge in [-0.2, -0.15) is 13.2 Å². The van der Waals surface area contributed by atoms with Gasteiger partial charge in [0.15, 0.2) is 5.60 Å². The summed E-state index contributed by atoms with van der Waals surface area (Å²) in [6.07, 6.45) is -9.00. The molecule has 1 aliphatic heterocycles. The van der Waals surface area contributed by atoms with Gasteiger partial charge in [-0.1, -0.05) is 13.0 Å². The number of primary amides is 1. The molecule has 2 amide bonds. The van der Waals surface area contributed by atoms with Gasteiger partial charge in [-0.05, 0) is 25.1 Å². The Balaban J connectivity index is 2.12. The van der Waals surface area contributed by atoms with E-state index in [2.05, 4.69) is 10.3 Å². The van der Waals surface area contributed by atoms with Gasteiger partial charge in [-0.3, -0.25) is 14.6 Å². The van der Waals surface area contributed by atoms with Crippen molar-refractivity contribution in [3.05, 3.63) is 53.1 Å². The monoisotopic (exact) mass is 505 g/mol. The van der Waals surface area contributed by atoms with Crippen molar-refractivity contribution in [1.29, 1.82) is 0 Å². The summed E-state index contributed by atoms with van der Waals surface area (Å²) in [4.78, 5) is 28.2. The molecule has 2 aromatic rings. The number of halogens is 6. The number of benzene rings is 1. The Bertz CT molecular complexity index is 1140. The van der Waals surface area contributed by atoms with E-state index in [1.54, 1.807) is 0 Å². The minimum Gasteiger partial charge on any atom is -0.496 e. The maximum Gasteiger partial charge on any atom is 0.417 e. The standard InChI is InChI=1S/C22H21F6N3O4/c1-9-14(11-4-5-12(23)15(18(24)25)16(11)34-3)17(35-21(9,2)22(26,27)28)20(33)31-10-6-7-30-13(8-10)19(29)32/h4-9,14,17-18H,1-3H3,(H2,29,32)(H,30,31,33)/t9-,14+,17+,21+/m1/s1. The number of methoxy groups -OCH3 is 1. The van der Waals surface area contributed by atoms with Gasteiger partial charge in [0.05, 0.1) is 12.7 Å². The van der Waals surface area contributed by atoms with Gasteiger partial charge in [0.1, 0.15) is 23.4 Å². The molecule has 0 radical (unpaired) electrons. The third-order valence-electron chi connectivity index (χ3n) is 6.16. The van der Waals surface area contributed by atoms with E-state index in [0.29, 0.717) is 6.07 Å². The van der Waals surface area contributed by atoms with Gasteiger partial charge < -0.3 is 20.5 Å². The van der Waals surface area contributed by atoms with Crippen molar-refractivity contribution in [2.75, 3.05) is 12.4 Å². The molecule has 0 bridgehead atoms. The maximum atomic E-state index is 14.1. The van der Waals surface area contributed by atoms with Crippen LogP contribution in [0.15, 0.2) is 30.5 Å². The molecule has 1 aromatic heterocycles. The van der Waals surface area contributed by atoms with E-state index < -0.39 is 65.1 Å². The summed E-state index contributed by atoms with van der Waals surface area (Å²) < 4.78 is 93.6. The maximum absolute atomic E-state index is 14.1. The topological polar surface area (TPSA) is 104 Å². The minimum absolute atomic E-state index is 0.0197. The number of nitrogens with one attached hydrogen (secondary N) is 1. The molecule has 0 spiro atoms. The van der Waals surface area contributed by atoms with Crippen LogP contribution in [0.25, 0.3) is 0 Å². The highest BCUT2D eigenvalue weighted by Gasteiger charge is 2.66. The third kappa shape index (κ3) is 4.64. The van der Waals surface area contributed by atoms with Crippen molar-refractivity contribution in [3.63, 3.8) is 0 Å². The third-order valence-corrected chi connectivity index (χ3v) is 6.16. The van der Waals surface area contributed by atoms with Gasteiger partial charge in [-0.15, -0.1) is 0 Å². The lowest BCUT2D eigenvalue weighted by molar-refractivity contribution is -0.272. The average molecular weight is 505 g/mol. The molecule has 0 saturated carbocycles. The molecule has 13 heteroatoms. The summed E-state index contributed by atoms with van der Waals surface area (Å²) in [5.74, 6) is -6.92. The molecular weight excluding hydrogens is 484 g/mol. The first-order chi connectivity index (χ1) is 16.2. The number of anilines is 1. The van der Waals surface area contributed by atoms with Crippen molar-refractivity contribution < 1.29 is 45.4 Å². The van der Waals surface area contributed by atoms with Gasteiger partial charge >= 0.3 is 6.18 Å². The number of nitrogens with two attached hydrogens (primary N) is 1. The predicted molar refractivity (Wildman–Crippen MR) is 111 cm³/mol. The number of aromatic nitrogens is 1. The molecule has 1 saturated heterocycles. The van der Waals surface area contributed by atoms with Gasteiger partial charge in [0.25, 0.3) is 18.2 Å². The molecule has 0 unspecified atom stereocenters. The Morgan fingerprint density at radius 1 is 1.26 bits per heavy atom. The quantitative estimate of drug-likeness (QED) is 0.569. The van der Waals surface area contributed by atoms with E-state index in [1.807, 2.05) is 0 Å². The molecule has 1 aliphatic rings. The zero-order valence-electron chi connectivity index (χ0n) is 18.6. The Morgan fingerprint density at radius 3 is 2.46 bits per heavy atom. The Kier molecular flexibility index (Phi) is 7.02. The zero-order valence-corrected chi connectivity index (χ0v) is 18.6. The largest absolute Gasteiger partial charge is 0.496 e. The van der Waals surface area contributed by atoms with Crippen LogP contribution < -0.4 is 15.8 Å². The van der Waals surface area contributed by atoms with Crippen LogP contribution in [0.3, 0.4) is 0 Å². The second-order valence-corrected chi connectivity index (χ2v) is 8.13. The molecular formula is C22H21F6N3O4.